The van der Waals surface area contributed by atoms with Gasteiger partial charge in [-0.15, -0.1) is 0 Å². The van der Waals surface area contributed by atoms with Gasteiger partial charge in [0.15, 0.2) is 0 Å². The summed E-state index contributed by atoms with van der Waals surface area (Å²) < 4.78 is 11.9. The van der Waals surface area contributed by atoms with Crippen molar-refractivity contribution in [2.24, 2.45) is 0 Å². The highest BCUT2D eigenvalue weighted by molar-refractivity contribution is 6.05. The molecule has 3 aromatic rings. The number of hydrogen-bond donors (Lipinski definition) is 1. The monoisotopic (exact) mass is 353 g/mol. The zero-order chi connectivity index (χ0) is 18.8. The van der Waals surface area contributed by atoms with Gasteiger partial charge in [0.05, 0.1) is 26.2 Å². The molecule has 0 aliphatic carbocycles. The van der Waals surface area contributed by atoms with Crippen LogP contribution in [0.15, 0.2) is 42.5 Å². The fraction of sp³-hybridized carbons (Fsp3) is 0.200. The smallest absolute Gasteiger partial charge is 0.307 e. The number of benzene rings is 2. The third-order valence-corrected chi connectivity index (χ3v) is 4.41. The molecule has 6 nitrogen and oxygen atoms in total. The third-order valence-electron chi connectivity index (χ3n) is 4.41. The second kappa shape index (κ2) is 6.92. The van der Waals surface area contributed by atoms with Gasteiger partial charge in [-0.1, -0.05) is 0 Å². The highest BCUT2D eigenvalue weighted by Crippen LogP contribution is 2.30. The van der Waals surface area contributed by atoms with Crippen LogP contribution in [0.2, 0.25) is 0 Å². The van der Waals surface area contributed by atoms with Crippen molar-refractivity contribution in [3.8, 4) is 11.5 Å². The summed E-state index contributed by atoms with van der Waals surface area (Å²) in [5.41, 5.74) is 2.36. The molecule has 0 saturated heterocycles. The molecule has 1 heterocycles. The summed E-state index contributed by atoms with van der Waals surface area (Å²) in [6.07, 6.45) is -0.168. The second-order valence-electron chi connectivity index (χ2n) is 5.89. The molecule has 0 bridgehead atoms. The van der Waals surface area contributed by atoms with E-state index in [0.29, 0.717) is 39.2 Å². The SMILES string of the molecule is COc1ccc(C(=O)n2c(C)c(CC(=O)O)c3cc(OC)ccc32)cc1. The number of fused-ring (bicyclic) bond motifs is 1. The van der Waals surface area contributed by atoms with Crippen LogP contribution >= 0.6 is 0 Å². The van der Waals surface area contributed by atoms with E-state index >= 15 is 0 Å². The van der Waals surface area contributed by atoms with E-state index < -0.39 is 5.97 Å². The Kier molecular flexibility index (Phi) is 4.67. The molecule has 1 N–H and O–H groups in total. The molecule has 0 aliphatic heterocycles. The number of carbonyl (C=O) groups is 2. The highest BCUT2D eigenvalue weighted by Gasteiger charge is 2.21. The number of rotatable bonds is 5. The molecule has 1 aromatic heterocycles. The van der Waals surface area contributed by atoms with Gasteiger partial charge in [-0.2, -0.15) is 0 Å². The van der Waals surface area contributed by atoms with Gasteiger partial charge in [0.2, 0.25) is 0 Å². The summed E-state index contributed by atoms with van der Waals surface area (Å²) in [7, 11) is 3.11. The van der Waals surface area contributed by atoms with Crippen LogP contribution in [0.3, 0.4) is 0 Å². The van der Waals surface area contributed by atoms with Crippen LogP contribution in [0.25, 0.3) is 10.9 Å². The fourth-order valence-electron chi connectivity index (χ4n) is 3.09. The van der Waals surface area contributed by atoms with Crippen molar-refractivity contribution in [1.29, 1.82) is 0 Å². The molecule has 0 saturated carbocycles. The lowest BCUT2D eigenvalue weighted by Gasteiger charge is -2.08. The van der Waals surface area contributed by atoms with Crippen LogP contribution in [0.1, 0.15) is 21.6 Å². The second-order valence-corrected chi connectivity index (χ2v) is 5.89. The lowest BCUT2D eigenvalue weighted by Crippen LogP contribution is -2.14. The average molecular weight is 353 g/mol. The summed E-state index contributed by atoms with van der Waals surface area (Å²) in [6.45, 7) is 1.76. The van der Waals surface area contributed by atoms with E-state index in [-0.39, 0.29) is 12.3 Å². The van der Waals surface area contributed by atoms with Gasteiger partial charge in [-0.25, -0.2) is 0 Å². The average Bonchev–Trinajstić information content (AvgIpc) is 2.92. The first-order valence-electron chi connectivity index (χ1n) is 8.04. The van der Waals surface area contributed by atoms with E-state index in [0.717, 1.165) is 0 Å². The number of aliphatic carboxylic acids is 1. The van der Waals surface area contributed by atoms with Crippen molar-refractivity contribution in [3.63, 3.8) is 0 Å². The molecule has 0 spiro atoms. The van der Waals surface area contributed by atoms with Crippen LogP contribution < -0.4 is 9.47 Å². The van der Waals surface area contributed by atoms with E-state index in [2.05, 4.69) is 0 Å². The molecular weight excluding hydrogens is 334 g/mol. The topological polar surface area (TPSA) is 77.8 Å². The van der Waals surface area contributed by atoms with E-state index in [4.69, 9.17) is 9.47 Å². The molecule has 6 heteroatoms. The summed E-state index contributed by atoms with van der Waals surface area (Å²) in [5, 5.41) is 9.96. The van der Waals surface area contributed by atoms with Crippen LogP contribution in [0.4, 0.5) is 0 Å². The van der Waals surface area contributed by atoms with Crippen molar-refractivity contribution in [3.05, 3.63) is 59.3 Å². The standard InChI is InChI=1S/C20H19NO5/c1-12-16(11-19(22)23)17-10-15(26-3)8-9-18(17)21(12)20(24)13-4-6-14(25-2)7-5-13/h4-10H,11H2,1-3H3,(H,22,23). The summed E-state index contributed by atoms with van der Waals surface area (Å²) >= 11 is 0. The first-order chi connectivity index (χ1) is 12.5. The molecule has 0 aliphatic rings. The Morgan fingerprint density at radius 3 is 2.19 bits per heavy atom. The number of aromatic nitrogens is 1. The van der Waals surface area contributed by atoms with Crippen molar-refractivity contribution in [2.75, 3.05) is 14.2 Å². The predicted molar refractivity (Wildman–Crippen MR) is 97.3 cm³/mol. The Labute approximate surface area is 150 Å². The quantitative estimate of drug-likeness (QED) is 0.762. The number of carboxylic acids is 1. The molecule has 134 valence electrons. The molecule has 0 fully saturated rings. The van der Waals surface area contributed by atoms with Gasteiger partial charge in [0.1, 0.15) is 11.5 Å². The van der Waals surface area contributed by atoms with Crippen molar-refractivity contribution >= 4 is 22.8 Å². The Hall–Kier alpha value is -3.28. The summed E-state index contributed by atoms with van der Waals surface area (Å²) in [6, 6.07) is 12.1. The first-order valence-corrected chi connectivity index (χ1v) is 8.04. The van der Waals surface area contributed by atoms with Crippen LogP contribution in [0, 0.1) is 6.92 Å². The minimum atomic E-state index is -0.952. The minimum absolute atomic E-state index is 0.168. The molecule has 0 radical (unpaired) electrons. The van der Waals surface area contributed by atoms with Gasteiger partial charge in [-0.05, 0) is 55.0 Å². The Morgan fingerprint density at radius 1 is 1.00 bits per heavy atom. The number of nitrogens with zero attached hydrogens (tertiary/aromatic N) is 1. The van der Waals surface area contributed by atoms with Gasteiger partial charge in [-0.3, -0.25) is 14.2 Å². The lowest BCUT2D eigenvalue weighted by atomic mass is 10.1. The molecule has 2 aromatic carbocycles. The van der Waals surface area contributed by atoms with E-state index in [1.54, 1.807) is 68.2 Å². The first kappa shape index (κ1) is 17.5. The number of carboxylic acid groups (broad SMARTS) is 1. The number of ether oxygens (including phenoxy) is 2. The van der Waals surface area contributed by atoms with Gasteiger partial charge >= 0.3 is 5.97 Å². The maximum atomic E-state index is 13.1. The third kappa shape index (κ3) is 3.01. The highest BCUT2D eigenvalue weighted by atomic mass is 16.5. The van der Waals surface area contributed by atoms with E-state index in [1.807, 2.05) is 0 Å². The molecular formula is C20H19NO5. The fourth-order valence-corrected chi connectivity index (χ4v) is 3.09. The molecule has 0 unspecified atom stereocenters. The Bertz CT molecular complexity index is 986. The number of hydrogen-bond acceptors (Lipinski definition) is 4. The van der Waals surface area contributed by atoms with Crippen molar-refractivity contribution in [1.82, 2.24) is 4.57 Å². The van der Waals surface area contributed by atoms with E-state index in [1.165, 1.54) is 0 Å². The lowest BCUT2D eigenvalue weighted by molar-refractivity contribution is -0.136. The summed E-state index contributed by atoms with van der Waals surface area (Å²) in [4.78, 5) is 24.4. The number of methoxy groups -OCH3 is 2. The predicted octanol–water partition coefficient (Wildman–Crippen LogP) is 3.28. The molecule has 3 rings (SSSR count). The van der Waals surface area contributed by atoms with Crippen LogP contribution in [-0.2, 0) is 11.2 Å². The van der Waals surface area contributed by atoms with Gasteiger partial charge < -0.3 is 14.6 Å². The zero-order valence-electron chi connectivity index (χ0n) is 14.8. The molecule has 0 atom stereocenters. The zero-order valence-corrected chi connectivity index (χ0v) is 14.8. The molecule has 0 amide bonds. The van der Waals surface area contributed by atoms with Crippen LogP contribution in [-0.4, -0.2) is 35.8 Å². The largest absolute Gasteiger partial charge is 0.497 e. The Balaban J connectivity index is 2.19. The maximum Gasteiger partial charge on any atom is 0.307 e. The van der Waals surface area contributed by atoms with Crippen molar-refractivity contribution in [2.45, 2.75) is 13.3 Å². The maximum absolute atomic E-state index is 13.1. The normalized spacial score (nSPS) is 10.7. The van der Waals surface area contributed by atoms with Crippen LogP contribution in [0.5, 0.6) is 11.5 Å². The number of carbonyl (C=O) groups excluding carboxylic acids is 1. The summed E-state index contributed by atoms with van der Waals surface area (Å²) in [5.74, 6) is 0.0916. The minimum Gasteiger partial charge on any atom is -0.497 e. The van der Waals surface area contributed by atoms with Gasteiger partial charge in [0, 0.05) is 16.6 Å². The van der Waals surface area contributed by atoms with Gasteiger partial charge in [0.25, 0.3) is 5.91 Å². The molecule has 26 heavy (non-hydrogen) atoms. The Morgan fingerprint density at radius 2 is 1.62 bits per heavy atom. The van der Waals surface area contributed by atoms with Crippen molar-refractivity contribution < 1.29 is 24.2 Å². The van der Waals surface area contributed by atoms with E-state index in [9.17, 15) is 14.7 Å².